The minimum atomic E-state index is -0.265. The Bertz CT molecular complexity index is 178. The predicted octanol–water partition coefficient (Wildman–Crippen LogP) is 2.12. The fourth-order valence-electron chi connectivity index (χ4n) is 0.751. The van der Waals surface area contributed by atoms with E-state index in [9.17, 15) is 14.7 Å². The van der Waals surface area contributed by atoms with Gasteiger partial charge < -0.3 is 0 Å². The van der Waals surface area contributed by atoms with Gasteiger partial charge in [-0.15, -0.1) is 0 Å². The maximum absolute atomic E-state index is 10.4. The van der Waals surface area contributed by atoms with Gasteiger partial charge in [0.05, 0.1) is 13.1 Å². The average molecular weight is 251 g/mol. The molecule has 6 nitrogen and oxygen atoms in total. The van der Waals surface area contributed by atoms with Crippen LogP contribution >= 0.6 is 23.5 Å². The quantitative estimate of drug-likeness (QED) is 0.414. The molecular weight excluding hydrogens is 238 g/mol. The minimum absolute atomic E-state index is 0.262. The third-order valence-corrected chi connectivity index (χ3v) is 3.61. The number of rotatable bonds is 11. The molecule has 0 aliphatic carbocycles. The maximum atomic E-state index is 10.4. The summed E-state index contributed by atoms with van der Waals surface area (Å²) in [7, 11) is 0. The lowest BCUT2D eigenvalue weighted by molar-refractivity contribution is 0.851. The Balaban J connectivity index is 3.41. The van der Waals surface area contributed by atoms with Crippen LogP contribution in [0.4, 0.5) is 0 Å². The summed E-state index contributed by atoms with van der Waals surface area (Å²) in [6.07, 6.45) is 0. The fraction of sp³-hybridized carbons (Fsp3) is 1.00. The number of nitroso groups, excluding NO2 is 3. The molecule has 15 heavy (non-hydrogen) atoms. The van der Waals surface area contributed by atoms with Crippen molar-refractivity contribution < 1.29 is 0 Å². The van der Waals surface area contributed by atoms with Crippen molar-refractivity contribution in [1.82, 2.24) is 0 Å². The Kier molecular flexibility index (Phi) is 11.2. The van der Waals surface area contributed by atoms with Crippen molar-refractivity contribution in [3.8, 4) is 0 Å². The number of hydrogen-bond donors (Lipinski definition) is 0. The van der Waals surface area contributed by atoms with Crippen molar-refractivity contribution in [3.05, 3.63) is 14.7 Å². The van der Waals surface area contributed by atoms with Crippen molar-refractivity contribution in [2.75, 3.05) is 36.1 Å². The monoisotopic (exact) mass is 251 g/mol. The van der Waals surface area contributed by atoms with E-state index in [-0.39, 0.29) is 19.1 Å². The van der Waals surface area contributed by atoms with E-state index >= 15 is 0 Å². The molecule has 0 aromatic heterocycles. The Morgan fingerprint density at radius 1 is 0.867 bits per heavy atom. The van der Waals surface area contributed by atoms with Crippen molar-refractivity contribution in [2.45, 2.75) is 6.04 Å². The Morgan fingerprint density at radius 2 is 1.33 bits per heavy atom. The normalized spacial score (nSPS) is 10.2. The largest absolute Gasteiger partial charge is 0.158 e. The van der Waals surface area contributed by atoms with Crippen LogP contribution in [0, 0.1) is 14.7 Å². The molecule has 0 atom stereocenters. The van der Waals surface area contributed by atoms with Crippen LogP contribution in [0.25, 0.3) is 0 Å². The zero-order valence-corrected chi connectivity index (χ0v) is 9.84. The highest BCUT2D eigenvalue weighted by molar-refractivity contribution is 8.00. The first kappa shape index (κ1) is 14.5. The van der Waals surface area contributed by atoms with Crippen LogP contribution in [0.1, 0.15) is 0 Å². The summed E-state index contributed by atoms with van der Waals surface area (Å²) in [5.74, 6) is 2.44. The first-order valence-corrected chi connectivity index (χ1v) is 6.72. The van der Waals surface area contributed by atoms with Gasteiger partial charge in [-0.1, -0.05) is 15.5 Å². The van der Waals surface area contributed by atoms with Gasteiger partial charge in [-0.05, 0) is 0 Å². The van der Waals surface area contributed by atoms with Crippen LogP contribution < -0.4 is 0 Å². The smallest absolute Gasteiger partial charge is 0.110 e. The summed E-state index contributed by atoms with van der Waals surface area (Å²) in [6.45, 7) is 0.525. The van der Waals surface area contributed by atoms with E-state index in [1.165, 1.54) is 23.5 Å². The molecule has 0 aliphatic rings. The van der Waals surface area contributed by atoms with E-state index in [0.29, 0.717) is 23.0 Å². The van der Waals surface area contributed by atoms with Crippen LogP contribution in [0.5, 0.6) is 0 Å². The number of hydrogen-bond acceptors (Lipinski definition) is 8. The van der Waals surface area contributed by atoms with E-state index in [1.807, 2.05) is 0 Å². The highest BCUT2D eigenvalue weighted by Crippen LogP contribution is 2.11. The summed E-state index contributed by atoms with van der Waals surface area (Å²) in [5.41, 5.74) is 0. The van der Waals surface area contributed by atoms with Crippen LogP contribution in [0.15, 0.2) is 15.5 Å². The Labute approximate surface area is 96.3 Å². The SMILES string of the molecule is O=NCCSCC(CSCCN=O)N=O. The molecule has 0 rings (SSSR count). The van der Waals surface area contributed by atoms with Crippen LogP contribution in [0.2, 0.25) is 0 Å². The van der Waals surface area contributed by atoms with Crippen LogP contribution in [-0.4, -0.2) is 42.1 Å². The van der Waals surface area contributed by atoms with Gasteiger partial charge in [0.25, 0.3) is 0 Å². The third-order valence-electron chi connectivity index (χ3n) is 1.42. The molecule has 0 fully saturated rings. The molecular formula is C7H13N3O3S2. The molecule has 0 bridgehead atoms. The van der Waals surface area contributed by atoms with E-state index in [0.717, 1.165) is 0 Å². The Morgan fingerprint density at radius 3 is 1.67 bits per heavy atom. The second-order valence-electron chi connectivity index (χ2n) is 2.61. The second-order valence-corrected chi connectivity index (χ2v) is 4.91. The second kappa shape index (κ2) is 11.6. The van der Waals surface area contributed by atoms with Crippen molar-refractivity contribution in [1.29, 1.82) is 0 Å². The first-order valence-electron chi connectivity index (χ1n) is 4.41. The van der Waals surface area contributed by atoms with E-state index in [2.05, 4.69) is 15.5 Å². The van der Waals surface area contributed by atoms with Gasteiger partial charge in [0.2, 0.25) is 0 Å². The fourth-order valence-corrected chi connectivity index (χ4v) is 2.54. The van der Waals surface area contributed by atoms with Crippen molar-refractivity contribution in [3.63, 3.8) is 0 Å². The van der Waals surface area contributed by atoms with Gasteiger partial charge in [0.1, 0.15) is 6.04 Å². The van der Waals surface area contributed by atoms with Crippen molar-refractivity contribution >= 4 is 23.5 Å². The van der Waals surface area contributed by atoms with E-state index in [4.69, 9.17) is 0 Å². The lowest BCUT2D eigenvalue weighted by Gasteiger charge is -2.06. The number of thioether (sulfide) groups is 2. The molecule has 0 heterocycles. The molecule has 0 saturated carbocycles. The molecule has 0 aromatic carbocycles. The van der Waals surface area contributed by atoms with Crippen molar-refractivity contribution in [2.24, 2.45) is 15.5 Å². The summed E-state index contributed by atoms with van der Waals surface area (Å²) in [6, 6.07) is -0.265. The highest BCUT2D eigenvalue weighted by atomic mass is 32.2. The molecule has 0 radical (unpaired) electrons. The maximum Gasteiger partial charge on any atom is 0.110 e. The highest BCUT2D eigenvalue weighted by Gasteiger charge is 2.08. The van der Waals surface area contributed by atoms with E-state index < -0.39 is 0 Å². The summed E-state index contributed by atoms with van der Waals surface area (Å²) in [4.78, 5) is 29.9. The van der Waals surface area contributed by atoms with Crippen LogP contribution in [-0.2, 0) is 0 Å². The third kappa shape index (κ3) is 9.80. The van der Waals surface area contributed by atoms with E-state index in [1.54, 1.807) is 0 Å². The molecule has 0 amide bonds. The average Bonchev–Trinajstić information content (AvgIpc) is 2.27. The van der Waals surface area contributed by atoms with Gasteiger partial charge in [0.15, 0.2) is 0 Å². The molecule has 0 spiro atoms. The van der Waals surface area contributed by atoms with Gasteiger partial charge in [-0.2, -0.15) is 38.2 Å². The lowest BCUT2D eigenvalue weighted by Crippen LogP contribution is -2.12. The Hall–Kier alpha value is -0.500. The topological polar surface area (TPSA) is 88.3 Å². The standard InChI is InChI=1S/C7H13N3O3S2/c11-8-1-3-14-5-7(10-13)6-15-4-2-9-12/h7H,1-6H2. The van der Waals surface area contributed by atoms with Gasteiger partial charge >= 0.3 is 0 Å². The molecule has 0 N–H and O–H groups in total. The summed E-state index contributed by atoms with van der Waals surface area (Å²) in [5, 5.41) is 8.40. The minimum Gasteiger partial charge on any atom is -0.158 e. The first-order chi connectivity index (χ1) is 7.35. The molecule has 86 valence electrons. The molecule has 0 saturated heterocycles. The predicted molar refractivity (Wildman–Crippen MR) is 65.6 cm³/mol. The molecule has 0 aromatic rings. The van der Waals surface area contributed by atoms with Gasteiger partial charge in [-0.25, -0.2) is 0 Å². The van der Waals surface area contributed by atoms with Crippen LogP contribution in [0.3, 0.4) is 0 Å². The van der Waals surface area contributed by atoms with Gasteiger partial charge in [0, 0.05) is 23.0 Å². The zero-order chi connectivity index (χ0) is 11.4. The zero-order valence-electron chi connectivity index (χ0n) is 8.20. The summed E-state index contributed by atoms with van der Waals surface area (Å²) < 4.78 is 0. The molecule has 0 unspecified atom stereocenters. The van der Waals surface area contributed by atoms with Gasteiger partial charge in [-0.3, -0.25) is 0 Å². The summed E-state index contributed by atoms with van der Waals surface area (Å²) >= 11 is 2.98. The molecule has 0 aliphatic heterocycles. The number of nitrogens with zero attached hydrogens (tertiary/aromatic N) is 3. The molecule has 8 heteroatoms. The lowest BCUT2D eigenvalue weighted by atomic mass is 10.4.